The number of halogens is 2. The Morgan fingerprint density at radius 1 is 0.912 bits per heavy atom. The fraction of sp³-hybridized carbons (Fsp3) is 0.370. The number of allylic oxidation sites excluding steroid dienone is 1. The molecule has 1 unspecified atom stereocenters. The number of alkyl halides is 2. The highest BCUT2D eigenvalue weighted by molar-refractivity contribution is 6.60. The number of ether oxygens (including phenoxy) is 2. The summed E-state index contributed by atoms with van der Waals surface area (Å²) in [5, 5.41) is 0. The van der Waals surface area contributed by atoms with E-state index in [1.807, 2.05) is 60.7 Å². The summed E-state index contributed by atoms with van der Waals surface area (Å²) in [4.78, 5) is 33.8. The van der Waals surface area contributed by atoms with E-state index < -0.39 is 4.33 Å². The summed E-state index contributed by atoms with van der Waals surface area (Å²) in [6, 6.07) is 19.1. The minimum absolute atomic E-state index is 0. The van der Waals surface area contributed by atoms with Crippen LogP contribution in [0.25, 0.3) is 0 Å². The van der Waals surface area contributed by atoms with Gasteiger partial charge in [0.15, 0.2) is 10.1 Å². The summed E-state index contributed by atoms with van der Waals surface area (Å²) >= 11 is 11.7. The third-order valence-electron chi connectivity index (χ3n) is 5.05. The minimum Gasteiger partial charge on any atom is -0.461 e. The van der Waals surface area contributed by atoms with Crippen molar-refractivity contribution in [2.45, 2.75) is 57.1 Å². The summed E-state index contributed by atoms with van der Waals surface area (Å²) in [5.41, 5.74) is 1.96. The first kappa shape index (κ1) is 29.4. The predicted molar refractivity (Wildman–Crippen MR) is 135 cm³/mol. The molecule has 0 radical (unpaired) electrons. The lowest BCUT2D eigenvalue weighted by molar-refractivity contribution is -0.146. The Labute approximate surface area is 212 Å². The Bertz CT molecular complexity index is 913. The Morgan fingerprint density at radius 2 is 1.38 bits per heavy atom. The summed E-state index contributed by atoms with van der Waals surface area (Å²) in [6.45, 7) is 4.16. The summed E-state index contributed by atoms with van der Waals surface area (Å²) in [7, 11) is 0. The van der Waals surface area contributed by atoms with Gasteiger partial charge in [-0.05, 0) is 24.0 Å². The number of benzene rings is 2. The Hall–Kier alpha value is -2.63. The molecule has 1 fully saturated rings. The number of hydrogen-bond acceptors (Lipinski definition) is 5. The van der Waals surface area contributed by atoms with Crippen LogP contribution in [0.5, 0.6) is 0 Å². The largest absolute Gasteiger partial charge is 0.461 e. The second-order valence-corrected chi connectivity index (χ2v) is 8.99. The van der Waals surface area contributed by atoms with Crippen LogP contribution in [0.4, 0.5) is 0 Å². The molecule has 5 nitrogen and oxygen atoms in total. The van der Waals surface area contributed by atoms with Crippen LogP contribution in [0.2, 0.25) is 0 Å². The molecule has 0 bridgehead atoms. The highest BCUT2D eigenvalue weighted by Gasteiger charge is 2.52. The van der Waals surface area contributed by atoms with Crippen molar-refractivity contribution in [1.82, 2.24) is 0 Å². The fourth-order valence-electron chi connectivity index (χ4n) is 3.00. The van der Waals surface area contributed by atoms with Crippen molar-refractivity contribution in [3.8, 4) is 0 Å². The molecule has 0 aromatic heterocycles. The zero-order chi connectivity index (χ0) is 24.1. The van der Waals surface area contributed by atoms with Crippen LogP contribution in [0.15, 0.2) is 73.3 Å². The molecule has 34 heavy (non-hydrogen) atoms. The topological polar surface area (TPSA) is 69.7 Å². The van der Waals surface area contributed by atoms with Crippen molar-refractivity contribution in [3.05, 3.63) is 84.4 Å². The number of Topliss-reactive ketones (excluding diaryl/α,β-unsaturated/α-hetero) is 1. The van der Waals surface area contributed by atoms with Gasteiger partial charge in [-0.25, -0.2) is 0 Å². The third-order valence-corrected chi connectivity index (χ3v) is 6.09. The van der Waals surface area contributed by atoms with Gasteiger partial charge in [0.1, 0.15) is 13.2 Å². The van der Waals surface area contributed by atoms with E-state index in [-0.39, 0.29) is 44.1 Å². The molecule has 1 aliphatic rings. The van der Waals surface area contributed by atoms with Crippen molar-refractivity contribution < 1.29 is 23.9 Å². The van der Waals surface area contributed by atoms with Gasteiger partial charge in [0, 0.05) is 25.2 Å². The van der Waals surface area contributed by atoms with Gasteiger partial charge in [0.2, 0.25) is 0 Å². The Balaban J connectivity index is 0.000000346. The molecule has 3 rings (SSSR count). The molecule has 7 heteroatoms. The number of ketones is 1. The molecule has 2 aromatic carbocycles. The fourth-order valence-corrected chi connectivity index (χ4v) is 3.53. The molecule has 0 spiro atoms. The Kier molecular flexibility index (Phi) is 13.2. The molecule has 1 saturated carbocycles. The zero-order valence-electron chi connectivity index (χ0n) is 18.4. The smallest absolute Gasteiger partial charge is 0.306 e. The summed E-state index contributed by atoms with van der Waals surface area (Å²) in [5.74, 6) is -0.785. The molecular formula is C27H32Cl2O5. The van der Waals surface area contributed by atoms with Crippen molar-refractivity contribution in [2.24, 2.45) is 5.92 Å². The highest BCUT2D eigenvalue weighted by atomic mass is 35.5. The second kappa shape index (κ2) is 15.3. The van der Waals surface area contributed by atoms with Gasteiger partial charge in [-0.2, -0.15) is 0 Å². The van der Waals surface area contributed by atoms with Crippen LogP contribution < -0.4 is 0 Å². The van der Waals surface area contributed by atoms with Crippen LogP contribution in [-0.2, 0) is 37.1 Å². The molecule has 2 aromatic rings. The van der Waals surface area contributed by atoms with Crippen molar-refractivity contribution in [3.63, 3.8) is 0 Å². The molecule has 1 aliphatic carbocycles. The molecule has 0 N–H and O–H groups in total. The lowest BCUT2D eigenvalue weighted by atomic mass is 9.79. The van der Waals surface area contributed by atoms with Gasteiger partial charge in [-0.3, -0.25) is 14.4 Å². The minimum atomic E-state index is -1.31. The second-order valence-electron chi connectivity index (χ2n) is 7.61. The van der Waals surface area contributed by atoms with Crippen molar-refractivity contribution in [1.29, 1.82) is 0 Å². The summed E-state index contributed by atoms with van der Waals surface area (Å²) < 4.78 is 8.87. The monoisotopic (exact) mass is 506 g/mol. The predicted octanol–water partition coefficient (Wildman–Crippen LogP) is 6.61. The van der Waals surface area contributed by atoms with Crippen molar-refractivity contribution >= 4 is 40.9 Å². The van der Waals surface area contributed by atoms with Crippen LogP contribution in [0.1, 0.15) is 50.7 Å². The van der Waals surface area contributed by atoms with Crippen LogP contribution in [0.3, 0.4) is 0 Å². The molecular weight excluding hydrogens is 475 g/mol. The molecule has 0 heterocycles. The molecule has 184 valence electrons. The molecule has 0 aliphatic heterocycles. The lowest BCUT2D eigenvalue weighted by Crippen LogP contribution is -2.47. The van der Waals surface area contributed by atoms with E-state index in [1.165, 1.54) is 0 Å². The number of hydrogen-bond donors (Lipinski definition) is 0. The highest BCUT2D eigenvalue weighted by Crippen LogP contribution is 2.46. The quantitative estimate of drug-likeness (QED) is 0.206. The van der Waals surface area contributed by atoms with E-state index >= 15 is 0 Å². The SMILES string of the molecule is C.C=CCCC(=O)OCc1ccccc1.O=C(CCC1CC(=O)C1(Cl)Cl)OCc1ccccc1. The van der Waals surface area contributed by atoms with Crippen molar-refractivity contribution in [2.75, 3.05) is 0 Å². The first-order valence-electron chi connectivity index (χ1n) is 10.7. The maximum absolute atomic E-state index is 11.6. The standard InChI is InChI=1S/C14H14Cl2O3.C12H14O2.CH4/c15-14(16)11(8-12(14)17)6-7-13(18)19-9-10-4-2-1-3-5-10;1-2-3-9-12(13)14-10-11-7-5-4-6-8-11;/h1-5,11H,6-9H2;2,4-8H,1,3,9-10H2;1H4. The van der Waals surface area contributed by atoms with Gasteiger partial charge < -0.3 is 9.47 Å². The van der Waals surface area contributed by atoms with Gasteiger partial charge in [-0.15, -0.1) is 6.58 Å². The maximum atomic E-state index is 11.6. The van der Waals surface area contributed by atoms with E-state index in [4.69, 9.17) is 32.7 Å². The van der Waals surface area contributed by atoms with E-state index in [0.717, 1.165) is 11.1 Å². The van der Waals surface area contributed by atoms with E-state index in [0.29, 0.717) is 32.3 Å². The van der Waals surface area contributed by atoms with Gasteiger partial charge in [0.05, 0.1) is 0 Å². The van der Waals surface area contributed by atoms with Crippen LogP contribution in [0, 0.1) is 5.92 Å². The third kappa shape index (κ3) is 10.1. The van der Waals surface area contributed by atoms with E-state index in [9.17, 15) is 14.4 Å². The average Bonchev–Trinajstić information content (AvgIpc) is 2.84. The lowest BCUT2D eigenvalue weighted by Gasteiger charge is -2.37. The van der Waals surface area contributed by atoms with Gasteiger partial charge in [0.25, 0.3) is 0 Å². The van der Waals surface area contributed by atoms with Crippen LogP contribution in [-0.4, -0.2) is 22.1 Å². The number of carbonyl (C=O) groups is 3. The maximum Gasteiger partial charge on any atom is 0.306 e. The summed E-state index contributed by atoms with van der Waals surface area (Å²) in [6.07, 6.45) is 3.85. The van der Waals surface area contributed by atoms with Gasteiger partial charge >= 0.3 is 11.9 Å². The Morgan fingerprint density at radius 3 is 1.79 bits per heavy atom. The average molecular weight is 507 g/mol. The van der Waals surface area contributed by atoms with Crippen LogP contribution >= 0.6 is 23.2 Å². The molecule has 1 atom stereocenters. The first-order valence-corrected chi connectivity index (χ1v) is 11.5. The number of carbonyl (C=O) groups excluding carboxylic acids is 3. The number of esters is 2. The van der Waals surface area contributed by atoms with E-state index in [2.05, 4.69) is 6.58 Å². The normalized spacial score (nSPS) is 15.5. The van der Waals surface area contributed by atoms with E-state index in [1.54, 1.807) is 6.08 Å². The zero-order valence-corrected chi connectivity index (χ0v) is 19.9. The molecule has 0 saturated heterocycles. The number of rotatable bonds is 10. The molecule has 0 amide bonds. The van der Waals surface area contributed by atoms with Gasteiger partial charge in [-0.1, -0.05) is 97.4 Å². The first-order chi connectivity index (χ1) is 15.8.